The summed E-state index contributed by atoms with van der Waals surface area (Å²) in [7, 11) is 0. The highest BCUT2D eigenvalue weighted by atomic mass is 16.2. The summed E-state index contributed by atoms with van der Waals surface area (Å²) in [5, 5.41) is 7.57. The number of carbonyl (C=O) groups excluding carboxylic acids is 1. The number of carbonyl (C=O) groups is 1. The van der Waals surface area contributed by atoms with Gasteiger partial charge in [0.1, 0.15) is 0 Å². The quantitative estimate of drug-likeness (QED) is 0.333. The van der Waals surface area contributed by atoms with Crippen LogP contribution in [0, 0.1) is 0 Å². The number of aliphatic hydroxyl groups excluding tert-OH is 1. The number of hydrogen-bond donors (Lipinski definition) is 3. The van der Waals surface area contributed by atoms with E-state index in [0.29, 0.717) is 5.56 Å². The molecule has 0 saturated carbocycles. The fourth-order valence-electron chi connectivity index (χ4n) is 3.70. The third-order valence-corrected chi connectivity index (χ3v) is 4.65. The molecule has 0 heterocycles. The SMILES string of the molecule is C=CCC1(CC=C)c2ccccc2-c2ccc(C(=O)NN)cc21.CCO. The smallest absolute Gasteiger partial charge is 0.265 e. The zero-order valence-corrected chi connectivity index (χ0v) is 15.2. The molecule has 0 saturated heterocycles. The second kappa shape index (κ2) is 8.61. The first-order valence-electron chi connectivity index (χ1n) is 8.67. The highest BCUT2D eigenvalue weighted by molar-refractivity contribution is 5.96. The van der Waals surface area contributed by atoms with Crippen LogP contribution < -0.4 is 11.3 Å². The Bertz CT molecular complexity index is 802. The van der Waals surface area contributed by atoms with Crippen molar-refractivity contribution in [1.29, 1.82) is 0 Å². The van der Waals surface area contributed by atoms with E-state index < -0.39 is 0 Å². The standard InChI is InChI=1S/C20H20N2O.C2H6O/c1-3-11-20(12-4-2)17-8-6-5-7-15(17)16-10-9-14(13-18(16)20)19(23)22-21;1-2-3/h3-10,13H,1-2,11-12,21H2,(H,22,23);3H,2H2,1H3. The molecule has 2 aromatic carbocycles. The molecule has 0 radical (unpaired) electrons. The van der Waals surface area contributed by atoms with Crippen LogP contribution in [0.5, 0.6) is 0 Å². The van der Waals surface area contributed by atoms with Crippen molar-refractivity contribution in [3.63, 3.8) is 0 Å². The van der Waals surface area contributed by atoms with Gasteiger partial charge in [0.15, 0.2) is 0 Å². The Morgan fingerprint density at radius 2 is 1.69 bits per heavy atom. The van der Waals surface area contributed by atoms with Crippen molar-refractivity contribution in [3.8, 4) is 11.1 Å². The molecule has 0 aromatic heterocycles. The number of aliphatic hydroxyl groups is 1. The van der Waals surface area contributed by atoms with E-state index in [0.717, 1.165) is 24.0 Å². The maximum atomic E-state index is 11.9. The number of allylic oxidation sites excluding steroid dienone is 2. The molecule has 136 valence electrons. The van der Waals surface area contributed by atoms with Gasteiger partial charge in [0.25, 0.3) is 5.91 Å². The Morgan fingerprint density at radius 3 is 2.27 bits per heavy atom. The monoisotopic (exact) mass is 350 g/mol. The second-order valence-electron chi connectivity index (χ2n) is 6.16. The lowest BCUT2D eigenvalue weighted by molar-refractivity contribution is 0.0953. The number of hydrogen-bond acceptors (Lipinski definition) is 3. The average Bonchev–Trinajstić information content (AvgIpc) is 2.92. The minimum Gasteiger partial charge on any atom is -0.397 e. The molecule has 4 heteroatoms. The van der Waals surface area contributed by atoms with Gasteiger partial charge in [-0.25, -0.2) is 5.84 Å². The van der Waals surface area contributed by atoms with Crippen LogP contribution in [-0.4, -0.2) is 17.6 Å². The van der Waals surface area contributed by atoms with Crippen LogP contribution in [0.25, 0.3) is 11.1 Å². The van der Waals surface area contributed by atoms with Gasteiger partial charge in [-0.05, 0) is 54.2 Å². The lowest BCUT2D eigenvalue weighted by Crippen LogP contribution is -2.30. The molecule has 1 aliphatic carbocycles. The summed E-state index contributed by atoms with van der Waals surface area (Å²) in [6, 6.07) is 14.2. The molecule has 0 aliphatic heterocycles. The molecule has 0 spiro atoms. The van der Waals surface area contributed by atoms with E-state index in [1.165, 1.54) is 11.1 Å². The van der Waals surface area contributed by atoms with E-state index in [4.69, 9.17) is 10.9 Å². The van der Waals surface area contributed by atoms with Crippen molar-refractivity contribution in [2.75, 3.05) is 6.61 Å². The number of benzene rings is 2. The highest BCUT2D eigenvalue weighted by Crippen LogP contribution is 2.53. The molecular weight excluding hydrogens is 324 g/mol. The topological polar surface area (TPSA) is 75.4 Å². The summed E-state index contributed by atoms with van der Waals surface area (Å²) < 4.78 is 0. The minimum atomic E-state index is -0.283. The number of nitrogens with two attached hydrogens (primary N) is 1. The van der Waals surface area contributed by atoms with Gasteiger partial charge in [-0.1, -0.05) is 42.5 Å². The normalized spacial score (nSPS) is 12.9. The van der Waals surface area contributed by atoms with Crippen LogP contribution >= 0.6 is 0 Å². The fraction of sp³-hybridized carbons (Fsp3) is 0.227. The number of nitrogen functional groups attached to an aromatic ring is 1. The van der Waals surface area contributed by atoms with E-state index in [9.17, 15) is 4.79 Å². The fourth-order valence-corrected chi connectivity index (χ4v) is 3.70. The van der Waals surface area contributed by atoms with Crippen LogP contribution in [0.4, 0.5) is 0 Å². The van der Waals surface area contributed by atoms with E-state index in [2.05, 4.69) is 36.8 Å². The van der Waals surface area contributed by atoms with Crippen molar-refractivity contribution in [2.24, 2.45) is 5.84 Å². The summed E-state index contributed by atoms with van der Waals surface area (Å²) in [5.74, 6) is 5.00. The van der Waals surface area contributed by atoms with Gasteiger partial charge in [0.2, 0.25) is 0 Å². The summed E-state index contributed by atoms with van der Waals surface area (Å²) in [6.07, 6.45) is 5.45. The summed E-state index contributed by atoms with van der Waals surface area (Å²) in [6.45, 7) is 9.81. The van der Waals surface area contributed by atoms with Gasteiger partial charge in [0, 0.05) is 17.6 Å². The third kappa shape index (κ3) is 3.34. The van der Waals surface area contributed by atoms with E-state index in [1.807, 2.05) is 36.4 Å². The number of hydrazine groups is 1. The molecule has 0 fully saturated rings. The molecule has 0 atom stereocenters. The molecule has 0 unspecified atom stereocenters. The van der Waals surface area contributed by atoms with E-state index in [1.54, 1.807) is 6.92 Å². The zero-order valence-electron chi connectivity index (χ0n) is 15.2. The molecule has 0 bridgehead atoms. The van der Waals surface area contributed by atoms with Gasteiger partial charge >= 0.3 is 0 Å². The second-order valence-corrected chi connectivity index (χ2v) is 6.16. The van der Waals surface area contributed by atoms with Crippen molar-refractivity contribution in [3.05, 3.63) is 84.5 Å². The van der Waals surface area contributed by atoms with E-state index in [-0.39, 0.29) is 17.9 Å². The van der Waals surface area contributed by atoms with Crippen LogP contribution in [0.1, 0.15) is 41.3 Å². The molecule has 26 heavy (non-hydrogen) atoms. The lowest BCUT2D eigenvalue weighted by Gasteiger charge is -2.30. The average molecular weight is 350 g/mol. The first-order chi connectivity index (χ1) is 12.6. The van der Waals surface area contributed by atoms with Crippen molar-refractivity contribution >= 4 is 5.91 Å². The van der Waals surface area contributed by atoms with Gasteiger partial charge in [-0.2, -0.15) is 0 Å². The Morgan fingerprint density at radius 1 is 1.12 bits per heavy atom. The van der Waals surface area contributed by atoms with Crippen LogP contribution in [0.3, 0.4) is 0 Å². The van der Waals surface area contributed by atoms with Gasteiger partial charge in [-0.15, -0.1) is 13.2 Å². The maximum Gasteiger partial charge on any atom is 0.265 e. The van der Waals surface area contributed by atoms with Crippen LogP contribution in [0.15, 0.2) is 67.8 Å². The lowest BCUT2D eigenvalue weighted by atomic mass is 9.72. The Labute approximate surface area is 155 Å². The Balaban J connectivity index is 0.000000758. The van der Waals surface area contributed by atoms with E-state index >= 15 is 0 Å². The van der Waals surface area contributed by atoms with Gasteiger partial charge in [-0.3, -0.25) is 10.2 Å². The Kier molecular flexibility index (Phi) is 6.50. The molecule has 1 amide bonds. The first-order valence-corrected chi connectivity index (χ1v) is 8.67. The molecule has 1 aliphatic rings. The summed E-state index contributed by atoms with van der Waals surface area (Å²) >= 11 is 0. The first kappa shape index (κ1) is 19.6. The van der Waals surface area contributed by atoms with Crippen molar-refractivity contribution in [1.82, 2.24) is 5.43 Å². The number of rotatable bonds is 5. The van der Waals surface area contributed by atoms with Crippen LogP contribution in [0.2, 0.25) is 0 Å². The predicted octanol–water partition coefficient (Wildman–Crippen LogP) is 3.71. The molecule has 2 aromatic rings. The van der Waals surface area contributed by atoms with Gasteiger partial charge < -0.3 is 5.11 Å². The molecule has 4 N–H and O–H groups in total. The maximum absolute atomic E-state index is 11.9. The summed E-state index contributed by atoms with van der Waals surface area (Å²) in [4.78, 5) is 11.9. The number of fused-ring (bicyclic) bond motifs is 3. The molecular formula is C22H26N2O2. The Hall–Kier alpha value is -2.69. The zero-order chi connectivity index (χ0) is 19.2. The minimum absolute atomic E-state index is 0.222. The van der Waals surface area contributed by atoms with Crippen LogP contribution in [-0.2, 0) is 5.41 Å². The van der Waals surface area contributed by atoms with Gasteiger partial charge in [0.05, 0.1) is 0 Å². The highest BCUT2D eigenvalue weighted by Gasteiger charge is 2.41. The summed E-state index contributed by atoms with van der Waals surface area (Å²) in [5.41, 5.74) is 7.33. The molecule has 4 nitrogen and oxygen atoms in total. The third-order valence-electron chi connectivity index (χ3n) is 4.65. The number of nitrogens with one attached hydrogen (secondary N) is 1. The number of amides is 1. The predicted molar refractivity (Wildman–Crippen MR) is 107 cm³/mol. The largest absolute Gasteiger partial charge is 0.397 e. The van der Waals surface area contributed by atoms with Crippen molar-refractivity contribution in [2.45, 2.75) is 25.2 Å². The molecule has 3 rings (SSSR count). The van der Waals surface area contributed by atoms with Crippen molar-refractivity contribution < 1.29 is 9.90 Å².